The predicted octanol–water partition coefficient (Wildman–Crippen LogP) is 4.29. The van der Waals surface area contributed by atoms with Gasteiger partial charge in [-0.15, -0.1) is 0 Å². The summed E-state index contributed by atoms with van der Waals surface area (Å²) in [5.74, 6) is 2.36. The Morgan fingerprint density at radius 3 is 2.80 bits per heavy atom. The summed E-state index contributed by atoms with van der Waals surface area (Å²) >= 11 is 3.48. The Balaban J connectivity index is 2.20. The van der Waals surface area contributed by atoms with Crippen LogP contribution in [0.3, 0.4) is 0 Å². The van der Waals surface area contributed by atoms with Gasteiger partial charge in [0.1, 0.15) is 11.4 Å². The summed E-state index contributed by atoms with van der Waals surface area (Å²) in [6, 6.07) is 11.8. The zero-order valence-corrected chi connectivity index (χ0v) is 12.7. The van der Waals surface area contributed by atoms with Gasteiger partial charge in [0.2, 0.25) is 0 Å². The van der Waals surface area contributed by atoms with E-state index in [0.29, 0.717) is 12.9 Å². The molecule has 1 aliphatic rings. The molecule has 0 aromatic heterocycles. The largest absolute Gasteiger partial charge is 0.494 e. The zero-order chi connectivity index (χ0) is 14.1. The molecule has 100 valence electrons. The molecule has 3 nitrogen and oxygen atoms in total. The van der Waals surface area contributed by atoms with E-state index in [2.05, 4.69) is 20.8 Å². The summed E-state index contributed by atoms with van der Waals surface area (Å²) in [6.45, 7) is 0.700. The predicted molar refractivity (Wildman–Crippen MR) is 84.8 cm³/mol. The molecule has 0 N–H and O–H groups in total. The fourth-order valence-electron chi connectivity index (χ4n) is 2.42. The Hall–Kier alpha value is -1.62. The maximum absolute atomic E-state index is 5.98. The smallest absolute Gasteiger partial charge is 0.156 e. The maximum atomic E-state index is 5.98. The second-order valence-electron chi connectivity index (χ2n) is 4.46. The molecule has 2 radical (unpaired) electrons. The number of para-hydroxylation sites is 2. The van der Waals surface area contributed by atoms with Crippen LogP contribution in [0.25, 0.3) is 0 Å². The van der Waals surface area contributed by atoms with E-state index < -0.39 is 0 Å². The number of halogens is 1. The van der Waals surface area contributed by atoms with Crippen LogP contribution in [0, 0.1) is 0 Å². The van der Waals surface area contributed by atoms with Crippen LogP contribution < -0.4 is 14.4 Å². The Bertz CT molecular complexity index is 648. The molecular formula is C15H13BBrNO2. The van der Waals surface area contributed by atoms with Crippen LogP contribution in [-0.4, -0.2) is 21.5 Å². The van der Waals surface area contributed by atoms with Gasteiger partial charge in [-0.25, -0.2) is 0 Å². The first kappa shape index (κ1) is 13.4. The van der Waals surface area contributed by atoms with Gasteiger partial charge in [-0.3, -0.25) is 0 Å². The van der Waals surface area contributed by atoms with E-state index >= 15 is 0 Å². The third-order valence-corrected chi connectivity index (χ3v) is 3.68. The van der Waals surface area contributed by atoms with Crippen molar-refractivity contribution in [1.82, 2.24) is 0 Å². The Labute approximate surface area is 128 Å². The minimum absolute atomic E-state index is 0.549. The Morgan fingerprint density at radius 1 is 1.25 bits per heavy atom. The average Bonchev–Trinajstić information content (AvgIpc) is 2.46. The van der Waals surface area contributed by atoms with Crippen molar-refractivity contribution in [3.05, 3.63) is 40.9 Å². The van der Waals surface area contributed by atoms with Crippen LogP contribution in [-0.2, 0) is 0 Å². The molecule has 0 fully saturated rings. The van der Waals surface area contributed by atoms with Gasteiger partial charge in [-0.2, -0.15) is 0 Å². The number of fused-ring (bicyclic) bond motifs is 2. The molecule has 0 unspecified atom stereocenters. The molecule has 0 saturated heterocycles. The van der Waals surface area contributed by atoms with Crippen molar-refractivity contribution < 1.29 is 9.47 Å². The van der Waals surface area contributed by atoms with Crippen LogP contribution >= 0.6 is 15.9 Å². The number of nitrogens with zero attached hydrogens (tertiary/aromatic N) is 1. The quantitative estimate of drug-likeness (QED) is 0.784. The normalized spacial score (nSPS) is 12.4. The second kappa shape index (κ2) is 5.41. The highest BCUT2D eigenvalue weighted by atomic mass is 79.9. The summed E-state index contributed by atoms with van der Waals surface area (Å²) in [4.78, 5) is 2.14. The lowest BCUT2D eigenvalue weighted by Crippen LogP contribution is -2.22. The van der Waals surface area contributed by atoms with E-state index in [1.807, 2.05) is 36.4 Å². The van der Waals surface area contributed by atoms with Gasteiger partial charge in [-0.1, -0.05) is 34.4 Å². The summed E-state index contributed by atoms with van der Waals surface area (Å²) in [7, 11) is 7.42. The second-order valence-corrected chi connectivity index (χ2v) is 5.38. The highest BCUT2D eigenvalue weighted by Crippen LogP contribution is 2.51. The highest BCUT2D eigenvalue weighted by Gasteiger charge is 2.27. The lowest BCUT2D eigenvalue weighted by molar-refractivity contribution is 0.406. The molecule has 0 bridgehead atoms. The molecule has 3 rings (SSSR count). The van der Waals surface area contributed by atoms with Crippen molar-refractivity contribution in [3.63, 3.8) is 0 Å². The standard InChI is InChI=1S/C15H13BBrNO2/c1-19-13-8-10(17)9-14-15(13)18(7-6-16)11-4-2-3-5-12(11)20-14/h2-5,8-9H,6-7H2,1H3. The van der Waals surface area contributed by atoms with Crippen molar-refractivity contribution in [2.75, 3.05) is 18.6 Å². The number of hydrogen-bond donors (Lipinski definition) is 0. The molecule has 1 aliphatic heterocycles. The van der Waals surface area contributed by atoms with Gasteiger partial charge >= 0.3 is 0 Å². The number of methoxy groups -OCH3 is 1. The van der Waals surface area contributed by atoms with Crippen LogP contribution in [0.5, 0.6) is 17.2 Å². The van der Waals surface area contributed by atoms with E-state index in [4.69, 9.17) is 17.3 Å². The molecule has 0 saturated carbocycles. The third kappa shape index (κ3) is 2.16. The molecule has 2 aromatic rings. The minimum Gasteiger partial charge on any atom is -0.494 e. The van der Waals surface area contributed by atoms with Gasteiger partial charge in [0.05, 0.1) is 20.6 Å². The van der Waals surface area contributed by atoms with Crippen LogP contribution in [0.1, 0.15) is 0 Å². The van der Waals surface area contributed by atoms with Gasteiger partial charge < -0.3 is 14.4 Å². The molecular weight excluding hydrogens is 317 g/mol. The molecule has 1 heterocycles. The van der Waals surface area contributed by atoms with E-state index in [1.54, 1.807) is 7.11 Å². The lowest BCUT2D eigenvalue weighted by atomic mass is 10.0. The molecule has 0 spiro atoms. The molecule has 0 amide bonds. The Kier molecular flexibility index (Phi) is 3.61. The minimum atomic E-state index is 0.549. The SMILES string of the molecule is [B]CCN1c2ccccc2Oc2cc(Br)cc(OC)c21. The van der Waals surface area contributed by atoms with Crippen molar-refractivity contribution in [2.45, 2.75) is 6.32 Å². The van der Waals surface area contributed by atoms with Crippen molar-refractivity contribution in [1.29, 1.82) is 0 Å². The fourth-order valence-corrected chi connectivity index (χ4v) is 2.83. The number of ether oxygens (including phenoxy) is 2. The molecule has 2 aromatic carbocycles. The summed E-state index contributed by atoms with van der Waals surface area (Å²) in [5, 5.41) is 0. The van der Waals surface area contributed by atoms with Crippen LogP contribution in [0.2, 0.25) is 6.32 Å². The molecule has 20 heavy (non-hydrogen) atoms. The molecule has 0 atom stereocenters. The van der Waals surface area contributed by atoms with Gasteiger partial charge in [0.25, 0.3) is 0 Å². The lowest BCUT2D eigenvalue weighted by Gasteiger charge is -2.33. The first-order valence-electron chi connectivity index (χ1n) is 6.36. The highest BCUT2D eigenvalue weighted by molar-refractivity contribution is 9.10. The van der Waals surface area contributed by atoms with Gasteiger partial charge in [-0.05, 0) is 24.3 Å². The van der Waals surface area contributed by atoms with Crippen LogP contribution in [0.4, 0.5) is 11.4 Å². The maximum Gasteiger partial charge on any atom is 0.156 e. The van der Waals surface area contributed by atoms with E-state index in [9.17, 15) is 0 Å². The van der Waals surface area contributed by atoms with Crippen molar-refractivity contribution in [3.8, 4) is 17.2 Å². The first-order valence-corrected chi connectivity index (χ1v) is 7.16. The number of benzene rings is 2. The molecule has 0 aliphatic carbocycles. The third-order valence-electron chi connectivity index (χ3n) is 3.22. The van der Waals surface area contributed by atoms with Crippen molar-refractivity contribution in [2.24, 2.45) is 0 Å². The summed E-state index contributed by atoms with van der Waals surface area (Å²) in [6.07, 6.45) is 0.549. The molecule has 5 heteroatoms. The zero-order valence-electron chi connectivity index (χ0n) is 11.1. The first-order chi connectivity index (χ1) is 9.74. The summed E-state index contributed by atoms with van der Waals surface area (Å²) < 4.78 is 12.4. The Morgan fingerprint density at radius 2 is 2.05 bits per heavy atom. The monoisotopic (exact) mass is 329 g/mol. The fraction of sp³-hybridized carbons (Fsp3) is 0.200. The number of rotatable bonds is 3. The van der Waals surface area contributed by atoms with E-state index in [-0.39, 0.29) is 0 Å². The number of anilines is 2. The van der Waals surface area contributed by atoms with Gasteiger partial charge in [0.15, 0.2) is 11.5 Å². The van der Waals surface area contributed by atoms with Crippen molar-refractivity contribution >= 4 is 35.2 Å². The summed E-state index contributed by atoms with van der Waals surface area (Å²) in [5.41, 5.74) is 1.92. The van der Waals surface area contributed by atoms with Gasteiger partial charge in [0, 0.05) is 11.0 Å². The topological polar surface area (TPSA) is 21.7 Å². The van der Waals surface area contributed by atoms with E-state index in [0.717, 1.165) is 33.1 Å². The average molecular weight is 330 g/mol. The van der Waals surface area contributed by atoms with E-state index in [1.165, 1.54) is 0 Å². The number of hydrogen-bond acceptors (Lipinski definition) is 3. The van der Waals surface area contributed by atoms with Crippen LogP contribution in [0.15, 0.2) is 40.9 Å².